The van der Waals surface area contributed by atoms with Crippen LogP contribution in [0, 0.1) is 11.7 Å². The fourth-order valence-electron chi connectivity index (χ4n) is 3.11. The van der Waals surface area contributed by atoms with Crippen LogP contribution in [-0.4, -0.2) is 5.97 Å². The number of esters is 1. The molecule has 0 fully saturated rings. The number of benzene rings is 2. The molecule has 152 valence electrons. The first-order valence-corrected chi connectivity index (χ1v) is 10.7. The Balaban J connectivity index is 1.92. The van der Waals surface area contributed by atoms with Crippen LogP contribution in [0.3, 0.4) is 0 Å². The third kappa shape index (κ3) is 6.78. The van der Waals surface area contributed by atoms with Crippen LogP contribution in [0.4, 0.5) is 4.39 Å². The molecule has 0 saturated carbocycles. The predicted molar refractivity (Wildman–Crippen MR) is 114 cm³/mol. The molecule has 2 aromatic carbocycles. The van der Waals surface area contributed by atoms with Crippen molar-refractivity contribution in [3.8, 4) is 16.9 Å². The topological polar surface area (TPSA) is 26.3 Å². The fraction of sp³-hybridized carbons (Fsp3) is 0.480. The highest BCUT2D eigenvalue weighted by molar-refractivity contribution is 5.75. The number of unbranched alkanes of at least 4 members (excludes halogenated alkanes) is 5. The van der Waals surface area contributed by atoms with Gasteiger partial charge in [0.05, 0.1) is 5.92 Å². The van der Waals surface area contributed by atoms with Crippen LogP contribution in [0.5, 0.6) is 5.75 Å². The lowest BCUT2D eigenvalue weighted by Crippen LogP contribution is -2.17. The van der Waals surface area contributed by atoms with Crippen molar-refractivity contribution >= 4 is 5.97 Å². The highest BCUT2D eigenvalue weighted by atomic mass is 19.1. The summed E-state index contributed by atoms with van der Waals surface area (Å²) in [4.78, 5) is 11.9. The second kappa shape index (κ2) is 11.6. The molecule has 0 aliphatic heterocycles. The first kappa shape index (κ1) is 22.1. The molecule has 0 bridgehead atoms. The SMILES string of the molecule is CCCCCCCCc1ccc(-c2ccc(OC(=O)C(C)CC)c(F)c2)cc1. The second-order valence-electron chi connectivity index (χ2n) is 7.59. The molecule has 0 aromatic heterocycles. The molecule has 0 amide bonds. The number of carbonyl (C=O) groups excluding carboxylic acids is 1. The largest absolute Gasteiger partial charge is 0.423 e. The molecule has 0 N–H and O–H groups in total. The van der Waals surface area contributed by atoms with Crippen LogP contribution in [0.1, 0.15) is 71.3 Å². The van der Waals surface area contributed by atoms with Crippen LogP contribution in [0.15, 0.2) is 42.5 Å². The number of hydrogen-bond donors (Lipinski definition) is 0. The fourth-order valence-corrected chi connectivity index (χ4v) is 3.11. The summed E-state index contributed by atoms with van der Waals surface area (Å²) in [6.07, 6.45) is 9.53. The molecule has 1 unspecified atom stereocenters. The van der Waals surface area contributed by atoms with Gasteiger partial charge in [-0.1, -0.05) is 83.2 Å². The summed E-state index contributed by atoms with van der Waals surface area (Å²) in [6, 6.07) is 13.1. The van der Waals surface area contributed by atoms with Crippen molar-refractivity contribution < 1.29 is 13.9 Å². The maximum absolute atomic E-state index is 14.4. The minimum atomic E-state index is -0.509. The van der Waals surface area contributed by atoms with Crippen LogP contribution >= 0.6 is 0 Å². The zero-order valence-electron chi connectivity index (χ0n) is 17.5. The lowest BCUT2D eigenvalue weighted by Gasteiger charge is -2.11. The highest BCUT2D eigenvalue weighted by Gasteiger charge is 2.16. The first-order valence-electron chi connectivity index (χ1n) is 10.7. The molecule has 0 saturated heterocycles. The summed E-state index contributed by atoms with van der Waals surface area (Å²) >= 11 is 0. The van der Waals surface area contributed by atoms with E-state index in [1.54, 1.807) is 13.0 Å². The Hall–Kier alpha value is -2.16. The number of carbonyl (C=O) groups is 1. The zero-order valence-corrected chi connectivity index (χ0v) is 17.5. The molecule has 2 aromatic rings. The maximum Gasteiger partial charge on any atom is 0.314 e. The van der Waals surface area contributed by atoms with Gasteiger partial charge in [-0.3, -0.25) is 4.79 Å². The van der Waals surface area contributed by atoms with E-state index < -0.39 is 11.8 Å². The van der Waals surface area contributed by atoms with Gasteiger partial charge < -0.3 is 4.74 Å². The summed E-state index contributed by atoms with van der Waals surface area (Å²) in [7, 11) is 0. The first-order chi connectivity index (χ1) is 13.5. The van der Waals surface area contributed by atoms with E-state index in [1.807, 2.05) is 19.1 Å². The number of aryl methyl sites for hydroxylation is 1. The van der Waals surface area contributed by atoms with E-state index in [0.29, 0.717) is 6.42 Å². The Morgan fingerprint density at radius 2 is 1.57 bits per heavy atom. The summed E-state index contributed by atoms with van der Waals surface area (Å²) in [5, 5.41) is 0. The Labute approximate surface area is 169 Å². The van der Waals surface area contributed by atoms with Gasteiger partial charge >= 0.3 is 5.97 Å². The maximum atomic E-state index is 14.4. The Bertz CT molecular complexity index is 737. The number of hydrogen-bond acceptors (Lipinski definition) is 2. The summed E-state index contributed by atoms with van der Waals surface area (Å²) in [6.45, 7) is 5.92. The standard InChI is InChI=1S/C25H33FO2/c1-4-6-7-8-9-10-11-20-12-14-21(15-13-20)22-16-17-24(23(26)18-22)28-25(27)19(3)5-2/h12-19H,4-11H2,1-3H3. The number of halogens is 1. The van der Waals surface area contributed by atoms with Crippen LogP contribution in [-0.2, 0) is 11.2 Å². The molecule has 2 nitrogen and oxygen atoms in total. The van der Waals surface area contributed by atoms with Gasteiger partial charge in [-0.05, 0) is 48.1 Å². The van der Waals surface area contributed by atoms with Gasteiger partial charge in [0.1, 0.15) is 0 Å². The lowest BCUT2D eigenvalue weighted by atomic mass is 10.0. The van der Waals surface area contributed by atoms with Gasteiger partial charge in [0.25, 0.3) is 0 Å². The van der Waals surface area contributed by atoms with E-state index >= 15 is 0 Å². The summed E-state index contributed by atoms with van der Waals surface area (Å²) < 4.78 is 19.5. The molecular weight excluding hydrogens is 351 g/mol. The molecular formula is C25H33FO2. The lowest BCUT2D eigenvalue weighted by molar-refractivity contribution is -0.138. The summed E-state index contributed by atoms with van der Waals surface area (Å²) in [5.74, 6) is -1.15. The predicted octanol–water partition coefficient (Wildman–Crippen LogP) is 7.35. The third-order valence-corrected chi connectivity index (χ3v) is 5.26. The van der Waals surface area contributed by atoms with Gasteiger partial charge in [-0.25, -0.2) is 4.39 Å². The molecule has 1 atom stereocenters. The smallest absolute Gasteiger partial charge is 0.314 e. The minimum absolute atomic E-state index is 0.00579. The monoisotopic (exact) mass is 384 g/mol. The Morgan fingerprint density at radius 3 is 2.21 bits per heavy atom. The van der Waals surface area contributed by atoms with E-state index in [0.717, 1.165) is 17.5 Å². The highest BCUT2D eigenvalue weighted by Crippen LogP contribution is 2.27. The zero-order chi connectivity index (χ0) is 20.4. The summed E-state index contributed by atoms with van der Waals surface area (Å²) in [5.41, 5.74) is 3.07. The number of ether oxygens (including phenoxy) is 1. The van der Waals surface area contributed by atoms with Crippen molar-refractivity contribution in [2.24, 2.45) is 5.92 Å². The van der Waals surface area contributed by atoms with E-state index in [1.165, 1.54) is 56.2 Å². The van der Waals surface area contributed by atoms with Crippen molar-refractivity contribution in [1.29, 1.82) is 0 Å². The van der Waals surface area contributed by atoms with Gasteiger partial charge in [0.15, 0.2) is 11.6 Å². The molecule has 0 radical (unpaired) electrons. The van der Waals surface area contributed by atoms with Crippen molar-refractivity contribution in [1.82, 2.24) is 0 Å². The van der Waals surface area contributed by atoms with E-state index in [9.17, 15) is 9.18 Å². The molecule has 0 spiro atoms. The Kier molecular flexibility index (Phi) is 9.19. The van der Waals surface area contributed by atoms with Gasteiger partial charge in [-0.2, -0.15) is 0 Å². The van der Waals surface area contributed by atoms with E-state index in [2.05, 4.69) is 19.1 Å². The quantitative estimate of drug-likeness (QED) is 0.230. The van der Waals surface area contributed by atoms with Gasteiger partial charge in [0.2, 0.25) is 0 Å². The van der Waals surface area contributed by atoms with Crippen molar-refractivity contribution in [3.63, 3.8) is 0 Å². The molecule has 0 aliphatic rings. The van der Waals surface area contributed by atoms with Gasteiger partial charge in [-0.15, -0.1) is 0 Å². The molecule has 0 aliphatic carbocycles. The van der Waals surface area contributed by atoms with Crippen LogP contribution in [0.25, 0.3) is 11.1 Å². The minimum Gasteiger partial charge on any atom is -0.423 e. The molecule has 3 heteroatoms. The molecule has 2 rings (SSSR count). The van der Waals surface area contributed by atoms with Crippen molar-refractivity contribution in [3.05, 3.63) is 53.8 Å². The second-order valence-corrected chi connectivity index (χ2v) is 7.59. The van der Waals surface area contributed by atoms with E-state index in [-0.39, 0.29) is 11.7 Å². The normalized spacial score (nSPS) is 12.0. The molecule has 28 heavy (non-hydrogen) atoms. The van der Waals surface area contributed by atoms with Crippen LogP contribution in [0.2, 0.25) is 0 Å². The molecule has 0 heterocycles. The van der Waals surface area contributed by atoms with E-state index in [4.69, 9.17) is 4.74 Å². The van der Waals surface area contributed by atoms with Crippen molar-refractivity contribution in [2.75, 3.05) is 0 Å². The van der Waals surface area contributed by atoms with Crippen molar-refractivity contribution in [2.45, 2.75) is 72.1 Å². The average Bonchev–Trinajstić information content (AvgIpc) is 2.71. The van der Waals surface area contributed by atoms with Crippen LogP contribution < -0.4 is 4.74 Å². The Morgan fingerprint density at radius 1 is 0.929 bits per heavy atom. The van der Waals surface area contributed by atoms with Gasteiger partial charge in [0, 0.05) is 0 Å². The number of rotatable bonds is 11. The third-order valence-electron chi connectivity index (χ3n) is 5.26. The average molecular weight is 385 g/mol.